The number of nitrogens with one attached hydrogen (secondary N) is 2. The summed E-state index contributed by atoms with van der Waals surface area (Å²) in [4.78, 5) is 60.0. The minimum absolute atomic E-state index is 0.0291. The minimum atomic E-state index is -1.44. The molecule has 2 aliphatic carbocycles. The summed E-state index contributed by atoms with van der Waals surface area (Å²) >= 11 is 3.58. The van der Waals surface area contributed by atoms with E-state index in [2.05, 4.69) is 31.5 Å². The molecule has 2 aromatic rings. The molecule has 2 unspecified atom stereocenters. The number of ether oxygens (including phenoxy) is 4. The fraction of sp³-hybridized carbons (Fsp3) is 0.583. The van der Waals surface area contributed by atoms with Crippen LogP contribution >= 0.6 is 15.9 Å². The lowest BCUT2D eigenvalue weighted by atomic mass is 10.0. The molecule has 3 heterocycles. The van der Waals surface area contributed by atoms with Crippen LogP contribution in [0.5, 0.6) is 17.4 Å². The van der Waals surface area contributed by atoms with Gasteiger partial charge in [-0.1, -0.05) is 25.0 Å². The van der Waals surface area contributed by atoms with E-state index in [0.29, 0.717) is 52.2 Å². The number of halogens is 1. The van der Waals surface area contributed by atoms with Crippen molar-refractivity contribution >= 4 is 50.7 Å². The molecule has 6 rings (SSSR count). The largest absolute Gasteiger partial charge is 0.495 e. The summed E-state index contributed by atoms with van der Waals surface area (Å²) in [5.74, 6) is -1.14. The topological polar surface area (TPSA) is 166 Å². The van der Waals surface area contributed by atoms with Gasteiger partial charge in [-0.25, -0.2) is 14.6 Å². The van der Waals surface area contributed by atoms with Crippen molar-refractivity contribution in [3.05, 3.63) is 34.8 Å². The molecule has 2 saturated carbocycles. The molecule has 13 nitrogen and oxygen atoms in total. The van der Waals surface area contributed by atoms with Crippen molar-refractivity contribution in [3.63, 3.8) is 0 Å². The van der Waals surface area contributed by atoms with Gasteiger partial charge < -0.3 is 39.6 Å². The van der Waals surface area contributed by atoms with E-state index in [0.717, 1.165) is 44.9 Å². The van der Waals surface area contributed by atoms with Crippen LogP contribution in [-0.4, -0.2) is 89.0 Å². The lowest BCUT2D eigenvalue weighted by Gasteiger charge is -2.29. The van der Waals surface area contributed by atoms with Gasteiger partial charge in [-0.05, 0) is 86.4 Å². The van der Waals surface area contributed by atoms with E-state index in [-0.39, 0.29) is 31.4 Å². The molecule has 0 bridgehead atoms. The summed E-state index contributed by atoms with van der Waals surface area (Å²) in [6, 6.07) is 3.29. The Labute approximate surface area is 299 Å². The average Bonchev–Trinajstić information content (AvgIpc) is 3.36. The summed E-state index contributed by atoms with van der Waals surface area (Å²) in [5, 5.41) is 16.5. The molecule has 3 amide bonds. The molecule has 1 saturated heterocycles. The van der Waals surface area contributed by atoms with E-state index in [4.69, 9.17) is 18.9 Å². The Balaban J connectivity index is 1.31. The number of carboxylic acid groups (broad SMARTS) is 1. The van der Waals surface area contributed by atoms with E-state index in [9.17, 15) is 24.3 Å². The highest BCUT2D eigenvalue weighted by molar-refractivity contribution is 9.10. The molecule has 50 heavy (non-hydrogen) atoms. The van der Waals surface area contributed by atoms with Gasteiger partial charge in [0.2, 0.25) is 17.7 Å². The van der Waals surface area contributed by atoms with Crippen LogP contribution in [0, 0.1) is 5.92 Å². The van der Waals surface area contributed by atoms with Gasteiger partial charge in [0.1, 0.15) is 41.3 Å². The maximum Gasteiger partial charge on any atom is 0.408 e. The monoisotopic (exact) mass is 756 g/mol. The smallest absolute Gasteiger partial charge is 0.408 e. The van der Waals surface area contributed by atoms with Crippen molar-refractivity contribution < 1.29 is 43.2 Å². The van der Waals surface area contributed by atoms with Gasteiger partial charge in [0.25, 0.3) is 0 Å². The van der Waals surface area contributed by atoms with Gasteiger partial charge in [-0.2, -0.15) is 0 Å². The van der Waals surface area contributed by atoms with Gasteiger partial charge in [0.05, 0.1) is 30.3 Å². The number of nitrogens with zero attached hydrogens (tertiary/aromatic N) is 2. The number of aliphatic carboxylic acids is 1. The standard InChI is InChI=1S/C36H45BrN4O9/c1-3-48-29-18-28(24-15-16-27(47-2)30(37)31(24)39-29)49-23-17-26-32(42)40-36(34(44)45)19-21(36)11-7-5-4-6-8-14-25(33(43)41(26)20-23)38-35(46)50-22-12-9-10-13-22/h7,11,15-16,18,21-23,25-26H,3-6,8-10,12-14,17,19-20H2,1-2H3,(H,38,46)(H,40,42)(H,44,45)/b11-7-/t21-,23-,25+,26?,36?/m1/s1. The summed E-state index contributed by atoms with van der Waals surface area (Å²) < 4.78 is 24.0. The number of benzene rings is 1. The van der Waals surface area contributed by atoms with Gasteiger partial charge in [0, 0.05) is 23.8 Å². The molecule has 5 atom stereocenters. The molecule has 1 aromatic carbocycles. The molecule has 3 fully saturated rings. The second-order valence-electron chi connectivity index (χ2n) is 13.5. The number of hydrogen-bond acceptors (Lipinski definition) is 9. The molecule has 0 radical (unpaired) electrons. The number of carboxylic acids is 1. The number of carbonyl (C=O) groups excluding carboxylic acids is 3. The predicted molar refractivity (Wildman–Crippen MR) is 186 cm³/mol. The van der Waals surface area contributed by atoms with Crippen LogP contribution in [-0.2, 0) is 19.1 Å². The predicted octanol–water partition coefficient (Wildman–Crippen LogP) is 5.27. The van der Waals surface area contributed by atoms with Crippen molar-refractivity contribution in [2.45, 2.75) is 107 Å². The second-order valence-corrected chi connectivity index (χ2v) is 14.3. The van der Waals surface area contributed by atoms with Crippen LogP contribution in [0.2, 0.25) is 0 Å². The van der Waals surface area contributed by atoms with Crippen molar-refractivity contribution in [1.82, 2.24) is 20.5 Å². The Kier molecular flexibility index (Phi) is 11.0. The fourth-order valence-corrected chi connectivity index (χ4v) is 7.92. The Morgan fingerprint density at radius 2 is 1.88 bits per heavy atom. The highest BCUT2D eigenvalue weighted by Gasteiger charge is 2.61. The van der Waals surface area contributed by atoms with E-state index in [1.54, 1.807) is 19.2 Å². The molecule has 14 heteroatoms. The number of amides is 3. The molecular formula is C36H45BrN4O9. The Morgan fingerprint density at radius 3 is 2.62 bits per heavy atom. The summed E-state index contributed by atoms with van der Waals surface area (Å²) in [5.41, 5.74) is -0.892. The normalized spacial score (nSPS) is 28.0. The SMILES string of the molecule is CCOc1cc(O[C@@H]2CC3C(=O)NC4(C(=O)O)C[C@H]4/C=C\CCCCC[C@H](NC(=O)OC4CCCC4)C(=O)N3C2)c2ccc(OC)c(Br)c2n1. The number of methoxy groups -OCH3 is 1. The third-order valence-corrected chi connectivity index (χ3v) is 10.9. The van der Waals surface area contributed by atoms with Crippen molar-refractivity contribution in [1.29, 1.82) is 0 Å². The fourth-order valence-electron chi connectivity index (χ4n) is 7.32. The average molecular weight is 758 g/mol. The van der Waals surface area contributed by atoms with Gasteiger partial charge in [-0.3, -0.25) is 9.59 Å². The van der Waals surface area contributed by atoms with E-state index in [1.807, 2.05) is 25.1 Å². The zero-order valence-electron chi connectivity index (χ0n) is 28.5. The first-order valence-electron chi connectivity index (χ1n) is 17.6. The number of fused-ring (bicyclic) bond motifs is 3. The second kappa shape index (κ2) is 15.4. The molecule has 1 aromatic heterocycles. The summed E-state index contributed by atoms with van der Waals surface area (Å²) in [6.45, 7) is 2.24. The Bertz CT molecular complexity index is 1650. The van der Waals surface area contributed by atoms with E-state index >= 15 is 0 Å². The highest BCUT2D eigenvalue weighted by Crippen LogP contribution is 2.46. The third kappa shape index (κ3) is 7.64. The van der Waals surface area contributed by atoms with E-state index in [1.165, 1.54) is 4.90 Å². The first-order valence-corrected chi connectivity index (χ1v) is 18.4. The van der Waals surface area contributed by atoms with Crippen molar-refractivity contribution in [3.8, 4) is 17.4 Å². The third-order valence-electron chi connectivity index (χ3n) is 10.1. The minimum Gasteiger partial charge on any atom is -0.495 e. The maximum atomic E-state index is 14.4. The summed E-state index contributed by atoms with van der Waals surface area (Å²) in [6.07, 6.45) is 9.71. The van der Waals surface area contributed by atoms with Gasteiger partial charge in [0.15, 0.2) is 0 Å². The number of aromatic nitrogens is 1. The molecular weight excluding hydrogens is 712 g/mol. The molecule has 270 valence electrons. The number of rotatable bonds is 8. The number of allylic oxidation sites excluding steroid dienone is 1. The van der Waals surface area contributed by atoms with Gasteiger partial charge >= 0.3 is 12.1 Å². The molecule has 0 spiro atoms. The molecule has 3 N–H and O–H groups in total. The van der Waals surface area contributed by atoms with Crippen LogP contribution in [0.4, 0.5) is 4.79 Å². The van der Waals surface area contributed by atoms with Crippen LogP contribution < -0.4 is 24.8 Å². The number of carbonyl (C=O) groups is 4. The highest BCUT2D eigenvalue weighted by atomic mass is 79.9. The van der Waals surface area contributed by atoms with Crippen LogP contribution in [0.15, 0.2) is 34.8 Å². The number of pyridine rings is 1. The zero-order valence-corrected chi connectivity index (χ0v) is 30.0. The first-order chi connectivity index (χ1) is 24.1. The Hall–Kier alpha value is -4.07. The van der Waals surface area contributed by atoms with E-state index < -0.39 is 47.6 Å². The quantitative estimate of drug-likeness (QED) is 0.302. The molecule has 2 aliphatic heterocycles. The van der Waals surface area contributed by atoms with Crippen LogP contribution in [0.1, 0.15) is 77.6 Å². The lowest BCUT2D eigenvalue weighted by molar-refractivity contribution is -0.145. The van der Waals surface area contributed by atoms with Crippen molar-refractivity contribution in [2.24, 2.45) is 5.92 Å². The van der Waals surface area contributed by atoms with Crippen LogP contribution in [0.25, 0.3) is 10.9 Å². The zero-order chi connectivity index (χ0) is 35.4. The first kappa shape index (κ1) is 35.7. The van der Waals surface area contributed by atoms with Crippen molar-refractivity contribution in [2.75, 3.05) is 20.3 Å². The number of alkyl carbamates (subject to hydrolysis) is 1. The maximum absolute atomic E-state index is 14.4. The Morgan fingerprint density at radius 1 is 1.10 bits per heavy atom. The lowest BCUT2D eigenvalue weighted by Crippen LogP contribution is -2.56. The molecule has 4 aliphatic rings. The summed E-state index contributed by atoms with van der Waals surface area (Å²) in [7, 11) is 1.56. The number of hydrogen-bond donors (Lipinski definition) is 3. The van der Waals surface area contributed by atoms with Crippen LogP contribution in [0.3, 0.4) is 0 Å². The van der Waals surface area contributed by atoms with Gasteiger partial charge in [-0.15, -0.1) is 0 Å².